The van der Waals surface area contributed by atoms with Gasteiger partial charge in [-0.15, -0.1) is 0 Å². The molecule has 11 rings (SSSR count). The van der Waals surface area contributed by atoms with E-state index in [1.807, 2.05) is 0 Å². The summed E-state index contributed by atoms with van der Waals surface area (Å²) >= 11 is 0. The molecular formula is C58H40N2. The minimum atomic E-state index is 1.09. The van der Waals surface area contributed by atoms with E-state index in [0.717, 1.165) is 28.3 Å². The maximum atomic E-state index is 2.42. The van der Waals surface area contributed by atoms with E-state index < -0.39 is 0 Å². The predicted octanol–water partition coefficient (Wildman–Crippen LogP) is 16.1. The Bertz CT molecular complexity index is 3250. The molecule has 0 radical (unpaired) electrons. The Balaban J connectivity index is 1.02. The number of anilines is 3. The van der Waals surface area contributed by atoms with Crippen LogP contribution in [0.3, 0.4) is 0 Å². The van der Waals surface area contributed by atoms with Crippen molar-refractivity contribution in [1.82, 2.24) is 4.57 Å². The first kappa shape index (κ1) is 35.2. The van der Waals surface area contributed by atoms with Crippen LogP contribution in [-0.2, 0) is 0 Å². The van der Waals surface area contributed by atoms with Crippen molar-refractivity contribution in [1.29, 1.82) is 0 Å². The minimum Gasteiger partial charge on any atom is -0.310 e. The van der Waals surface area contributed by atoms with E-state index in [9.17, 15) is 0 Å². The molecule has 0 fully saturated rings. The molecule has 0 bridgehead atoms. The van der Waals surface area contributed by atoms with E-state index in [0.29, 0.717) is 0 Å². The van der Waals surface area contributed by atoms with Crippen LogP contribution in [0, 0.1) is 0 Å². The molecule has 1 aromatic heterocycles. The van der Waals surface area contributed by atoms with Crippen LogP contribution in [-0.4, -0.2) is 4.57 Å². The lowest BCUT2D eigenvalue weighted by Crippen LogP contribution is -2.11. The van der Waals surface area contributed by atoms with E-state index in [4.69, 9.17) is 0 Å². The van der Waals surface area contributed by atoms with Crippen molar-refractivity contribution in [2.45, 2.75) is 0 Å². The van der Waals surface area contributed by atoms with Crippen molar-refractivity contribution >= 4 is 49.6 Å². The number of hydrogen-bond acceptors (Lipinski definition) is 1. The second-order valence-corrected chi connectivity index (χ2v) is 15.3. The van der Waals surface area contributed by atoms with Gasteiger partial charge in [-0.3, -0.25) is 0 Å². The van der Waals surface area contributed by atoms with Crippen LogP contribution >= 0.6 is 0 Å². The van der Waals surface area contributed by atoms with Gasteiger partial charge < -0.3 is 9.47 Å². The summed E-state index contributed by atoms with van der Waals surface area (Å²) < 4.78 is 2.42. The Labute approximate surface area is 350 Å². The molecule has 2 heteroatoms. The molecule has 0 saturated heterocycles. The lowest BCUT2D eigenvalue weighted by atomic mass is 9.93. The first-order valence-corrected chi connectivity index (χ1v) is 20.6. The van der Waals surface area contributed by atoms with Gasteiger partial charge in [-0.2, -0.15) is 0 Å². The number of rotatable bonds is 8. The zero-order chi connectivity index (χ0) is 39.8. The van der Waals surface area contributed by atoms with E-state index in [1.54, 1.807) is 0 Å². The summed E-state index contributed by atoms with van der Waals surface area (Å²) in [6, 6.07) is 87.8. The highest BCUT2D eigenvalue weighted by atomic mass is 15.1. The van der Waals surface area contributed by atoms with Gasteiger partial charge in [-0.05, 0) is 98.8 Å². The molecule has 0 N–H and O–H groups in total. The van der Waals surface area contributed by atoms with Crippen molar-refractivity contribution in [2.24, 2.45) is 0 Å². The smallest absolute Gasteiger partial charge is 0.0541 e. The Morgan fingerprint density at radius 2 is 0.767 bits per heavy atom. The normalized spacial score (nSPS) is 11.3. The number of aromatic nitrogens is 1. The molecule has 0 saturated carbocycles. The third kappa shape index (κ3) is 6.23. The summed E-state index contributed by atoms with van der Waals surface area (Å²) in [4.78, 5) is 2.39. The van der Waals surface area contributed by atoms with Crippen molar-refractivity contribution < 1.29 is 0 Å². The van der Waals surface area contributed by atoms with E-state index in [2.05, 4.69) is 252 Å². The summed E-state index contributed by atoms with van der Waals surface area (Å²) in [5, 5.41) is 5.01. The molecule has 60 heavy (non-hydrogen) atoms. The third-order valence-electron chi connectivity index (χ3n) is 11.8. The van der Waals surface area contributed by atoms with Gasteiger partial charge in [0.2, 0.25) is 0 Å². The van der Waals surface area contributed by atoms with Gasteiger partial charge >= 0.3 is 0 Å². The Morgan fingerprint density at radius 3 is 1.47 bits per heavy atom. The van der Waals surface area contributed by atoms with E-state index in [-0.39, 0.29) is 0 Å². The van der Waals surface area contributed by atoms with Gasteiger partial charge in [0, 0.05) is 33.3 Å². The predicted molar refractivity (Wildman–Crippen MR) is 255 cm³/mol. The van der Waals surface area contributed by atoms with E-state index in [1.165, 1.54) is 71.5 Å². The van der Waals surface area contributed by atoms with Crippen LogP contribution in [0.1, 0.15) is 0 Å². The first-order chi connectivity index (χ1) is 29.8. The van der Waals surface area contributed by atoms with Crippen LogP contribution in [0.15, 0.2) is 243 Å². The Kier molecular flexibility index (Phi) is 8.87. The topological polar surface area (TPSA) is 8.17 Å². The van der Waals surface area contributed by atoms with Crippen LogP contribution in [0.2, 0.25) is 0 Å². The maximum absolute atomic E-state index is 2.42. The van der Waals surface area contributed by atoms with Crippen molar-refractivity contribution in [3.8, 4) is 50.2 Å². The van der Waals surface area contributed by atoms with Crippen LogP contribution < -0.4 is 4.90 Å². The molecular weight excluding hydrogens is 725 g/mol. The van der Waals surface area contributed by atoms with Crippen molar-refractivity contribution in [3.63, 3.8) is 0 Å². The molecule has 0 aliphatic rings. The molecule has 1 heterocycles. The molecule has 0 amide bonds. The molecule has 0 spiro atoms. The molecule has 11 aromatic rings. The van der Waals surface area contributed by atoms with Crippen molar-refractivity contribution in [2.75, 3.05) is 4.90 Å². The highest BCUT2D eigenvalue weighted by molar-refractivity contribution is 6.10. The highest BCUT2D eigenvalue weighted by Crippen LogP contribution is 2.44. The van der Waals surface area contributed by atoms with Gasteiger partial charge in [-0.25, -0.2) is 0 Å². The highest BCUT2D eigenvalue weighted by Gasteiger charge is 2.20. The third-order valence-corrected chi connectivity index (χ3v) is 11.8. The second-order valence-electron chi connectivity index (χ2n) is 15.3. The molecule has 10 aromatic carbocycles. The number of fused-ring (bicyclic) bond motifs is 4. The number of hydrogen-bond donors (Lipinski definition) is 0. The zero-order valence-electron chi connectivity index (χ0n) is 33.0. The van der Waals surface area contributed by atoms with Crippen LogP contribution in [0.4, 0.5) is 17.1 Å². The minimum absolute atomic E-state index is 1.09. The largest absolute Gasteiger partial charge is 0.310 e. The first-order valence-electron chi connectivity index (χ1n) is 20.6. The average Bonchev–Trinajstić information content (AvgIpc) is 3.67. The number of nitrogens with zero attached hydrogens (tertiary/aromatic N) is 2. The molecule has 0 unspecified atom stereocenters. The van der Waals surface area contributed by atoms with Gasteiger partial charge in [0.25, 0.3) is 0 Å². The Hall–Kier alpha value is -7.94. The SMILES string of the molecule is c1ccc(-c2ccccc2N(c2ccc(-c3ccc4ccccc4c3)cc2)c2ccc(-c3ccccc3-c3ccccc3-n3c4ccccc4c4ccccc43)cc2)cc1. The molecule has 0 aliphatic carbocycles. The molecule has 2 nitrogen and oxygen atoms in total. The van der Waals surface area contributed by atoms with Gasteiger partial charge in [0.05, 0.1) is 22.4 Å². The maximum Gasteiger partial charge on any atom is 0.0541 e. The Morgan fingerprint density at radius 1 is 0.283 bits per heavy atom. The summed E-state index contributed by atoms with van der Waals surface area (Å²) in [6.07, 6.45) is 0. The van der Waals surface area contributed by atoms with Crippen LogP contribution in [0.5, 0.6) is 0 Å². The summed E-state index contributed by atoms with van der Waals surface area (Å²) in [6.45, 7) is 0. The lowest BCUT2D eigenvalue weighted by Gasteiger charge is -2.28. The molecule has 282 valence electrons. The van der Waals surface area contributed by atoms with Crippen LogP contribution in [0.25, 0.3) is 82.8 Å². The van der Waals surface area contributed by atoms with Gasteiger partial charge in [-0.1, -0.05) is 188 Å². The lowest BCUT2D eigenvalue weighted by molar-refractivity contribution is 1.18. The van der Waals surface area contributed by atoms with Gasteiger partial charge in [0.1, 0.15) is 0 Å². The fourth-order valence-corrected chi connectivity index (χ4v) is 8.97. The van der Waals surface area contributed by atoms with Gasteiger partial charge in [0.15, 0.2) is 0 Å². The fraction of sp³-hybridized carbons (Fsp3) is 0. The second kappa shape index (κ2) is 15.1. The van der Waals surface area contributed by atoms with Crippen molar-refractivity contribution in [3.05, 3.63) is 243 Å². The summed E-state index contributed by atoms with van der Waals surface area (Å²) in [5.74, 6) is 0. The molecule has 0 atom stereocenters. The summed E-state index contributed by atoms with van der Waals surface area (Å²) in [5.41, 5.74) is 16.3. The summed E-state index contributed by atoms with van der Waals surface area (Å²) in [7, 11) is 0. The quantitative estimate of drug-likeness (QED) is 0.150. The zero-order valence-corrected chi connectivity index (χ0v) is 33.0. The molecule has 0 aliphatic heterocycles. The number of para-hydroxylation sites is 4. The standard InChI is InChI=1S/C58H40N2/c1-2-17-43(18-3-1)50-21-8-12-26-55(50)59(47-36-32-42(33-37-47)46-31-30-41-16-4-5-19-45(41)40-46)48-38-34-44(35-39-48)49-20-6-7-22-51(49)52-23-9-13-27-56(52)60-57-28-14-10-24-53(57)54-25-11-15-29-58(54)60/h1-40H. The fourth-order valence-electron chi connectivity index (χ4n) is 8.97. The monoisotopic (exact) mass is 764 g/mol. The number of benzene rings is 10. The van der Waals surface area contributed by atoms with E-state index >= 15 is 0 Å². The average molecular weight is 765 g/mol.